The van der Waals surface area contributed by atoms with Crippen LogP contribution < -0.4 is 5.56 Å². The molecule has 2 aromatic carbocycles. The highest BCUT2D eigenvalue weighted by Crippen LogP contribution is 2.29. The maximum Gasteiger partial charge on any atom is 0.278 e. The number of aromatic amines is 1. The molecule has 2 aliphatic rings. The number of furan rings is 1. The molecule has 0 saturated carbocycles. The molecular weight excluding hydrogens is 382 g/mol. The Kier molecular flexibility index (Phi) is 4.33. The van der Waals surface area contributed by atoms with E-state index in [9.17, 15) is 4.79 Å². The number of aromatic nitrogens is 3. The Morgan fingerprint density at radius 3 is 2.48 bits per heavy atom. The third-order valence-electron chi connectivity index (χ3n) is 4.84. The van der Waals surface area contributed by atoms with Crippen LogP contribution in [0.25, 0.3) is 28.3 Å². The highest BCUT2D eigenvalue weighted by molar-refractivity contribution is 7.80. The average Bonchev–Trinajstić information content (AvgIpc) is 3.37. The van der Waals surface area contributed by atoms with Crippen LogP contribution in [0, 0.1) is 0 Å². The van der Waals surface area contributed by atoms with Gasteiger partial charge in [0.1, 0.15) is 11.5 Å². The Balaban J connectivity index is 1.74. The van der Waals surface area contributed by atoms with Gasteiger partial charge in [-0.3, -0.25) is 9.36 Å². The maximum absolute atomic E-state index is 13.1. The van der Waals surface area contributed by atoms with Gasteiger partial charge in [-0.2, -0.15) is 0 Å². The van der Waals surface area contributed by atoms with Crippen LogP contribution in [0.1, 0.15) is 11.5 Å². The summed E-state index contributed by atoms with van der Waals surface area (Å²) in [6.45, 7) is 0. The van der Waals surface area contributed by atoms with Gasteiger partial charge in [0.05, 0.1) is 24.1 Å². The first kappa shape index (κ1) is 17.6. The van der Waals surface area contributed by atoms with Crippen molar-refractivity contribution in [2.24, 2.45) is 0 Å². The Hall–Kier alpha value is -3.51. The third kappa shape index (κ3) is 3.28. The van der Waals surface area contributed by atoms with E-state index in [0.717, 1.165) is 27.4 Å². The van der Waals surface area contributed by atoms with Gasteiger partial charge in [-0.25, -0.2) is 4.98 Å². The van der Waals surface area contributed by atoms with Gasteiger partial charge in [-0.15, -0.1) is 12.6 Å². The average molecular weight is 399 g/mol. The lowest BCUT2D eigenvalue weighted by molar-refractivity contribution is 0.519. The highest BCUT2D eigenvalue weighted by atomic mass is 32.1. The van der Waals surface area contributed by atoms with Crippen LogP contribution in [-0.4, -0.2) is 14.5 Å². The molecule has 0 amide bonds. The van der Waals surface area contributed by atoms with Crippen molar-refractivity contribution in [3.8, 4) is 28.3 Å². The summed E-state index contributed by atoms with van der Waals surface area (Å²) < 4.78 is 7.02. The molecule has 0 fully saturated rings. The van der Waals surface area contributed by atoms with Crippen molar-refractivity contribution in [2.75, 3.05) is 0 Å². The highest BCUT2D eigenvalue weighted by Gasteiger charge is 2.21. The molecule has 142 valence electrons. The van der Waals surface area contributed by atoms with E-state index in [1.165, 1.54) is 0 Å². The van der Waals surface area contributed by atoms with Crippen molar-refractivity contribution < 1.29 is 4.42 Å². The van der Waals surface area contributed by atoms with E-state index >= 15 is 0 Å². The molecule has 3 aromatic rings. The lowest BCUT2D eigenvalue weighted by atomic mass is 10.1. The van der Waals surface area contributed by atoms with Gasteiger partial charge in [0.15, 0.2) is 5.82 Å². The van der Waals surface area contributed by atoms with Gasteiger partial charge in [0.25, 0.3) is 5.56 Å². The number of fused-ring (bicyclic) bond motifs is 1. The van der Waals surface area contributed by atoms with E-state index in [4.69, 9.17) is 4.42 Å². The first-order valence-corrected chi connectivity index (χ1v) is 9.65. The van der Waals surface area contributed by atoms with Crippen molar-refractivity contribution in [2.45, 2.75) is 11.3 Å². The van der Waals surface area contributed by atoms with Crippen molar-refractivity contribution in [3.63, 3.8) is 0 Å². The Bertz CT molecular complexity index is 1290. The van der Waals surface area contributed by atoms with Crippen LogP contribution in [0.2, 0.25) is 0 Å². The third-order valence-corrected chi connectivity index (χ3v) is 5.14. The van der Waals surface area contributed by atoms with Crippen LogP contribution in [0.4, 0.5) is 0 Å². The van der Waals surface area contributed by atoms with Crippen LogP contribution >= 0.6 is 12.6 Å². The van der Waals surface area contributed by atoms with Crippen LogP contribution in [-0.2, 0) is 6.42 Å². The van der Waals surface area contributed by atoms with Gasteiger partial charge in [-0.05, 0) is 29.8 Å². The molecule has 0 atom stereocenters. The SMILES string of the molecule is O=c1c(Cc2ccco2)nc2c(-c3ccc(S)cc3)[nH]c(-c3ccccc3)cn1-2. The molecule has 0 radical (unpaired) electrons. The predicted molar refractivity (Wildman–Crippen MR) is 115 cm³/mol. The van der Waals surface area contributed by atoms with Gasteiger partial charge in [0.2, 0.25) is 0 Å². The summed E-state index contributed by atoms with van der Waals surface area (Å²) in [6.07, 6.45) is 3.76. The maximum atomic E-state index is 13.1. The summed E-state index contributed by atoms with van der Waals surface area (Å²) in [6, 6.07) is 21.3. The zero-order chi connectivity index (χ0) is 19.8. The molecule has 0 unspecified atom stereocenters. The molecular formula is C23H17N3O2S. The second-order valence-corrected chi connectivity index (χ2v) is 7.29. The van der Waals surface area contributed by atoms with Crippen molar-refractivity contribution >= 4 is 12.6 Å². The number of nitrogens with one attached hydrogen (secondary N) is 1. The largest absolute Gasteiger partial charge is 0.469 e. The lowest BCUT2D eigenvalue weighted by Gasteiger charge is -2.13. The minimum Gasteiger partial charge on any atom is -0.469 e. The fourth-order valence-electron chi connectivity index (χ4n) is 3.40. The first-order chi connectivity index (χ1) is 14.2. The number of rotatable bonds is 4. The number of nitrogens with zero attached hydrogens (tertiary/aromatic N) is 2. The summed E-state index contributed by atoms with van der Waals surface area (Å²) in [7, 11) is 0. The fourth-order valence-corrected chi connectivity index (χ4v) is 3.55. The molecule has 5 nitrogen and oxygen atoms in total. The first-order valence-electron chi connectivity index (χ1n) is 9.20. The number of H-pyrrole nitrogens is 1. The molecule has 3 heterocycles. The summed E-state index contributed by atoms with van der Waals surface area (Å²) >= 11 is 4.37. The molecule has 2 aliphatic heterocycles. The van der Waals surface area contributed by atoms with E-state index in [-0.39, 0.29) is 5.56 Å². The number of thiol groups is 1. The summed E-state index contributed by atoms with van der Waals surface area (Å²) in [5.74, 6) is 1.29. The van der Waals surface area contributed by atoms with Crippen molar-refractivity contribution in [1.82, 2.24) is 14.5 Å². The summed E-state index contributed by atoms with van der Waals surface area (Å²) in [5.41, 5.74) is 3.84. The second-order valence-electron chi connectivity index (χ2n) is 6.77. The smallest absolute Gasteiger partial charge is 0.278 e. The van der Waals surface area contributed by atoms with Crippen LogP contribution in [0.3, 0.4) is 0 Å². The number of benzene rings is 2. The van der Waals surface area contributed by atoms with Gasteiger partial charge in [0, 0.05) is 16.7 Å². The topological polar surface area (TPSA) is 63.8 Å². The predicted octanol–water partition coefficient (Wildman–Crippen LogP) is 4.80. The van der Waals surface area contributed by atoms with E-state index < -0.39 is 0 Å². The van der Waals surface area contributed by atoms with Gasteiger partial charge in [-0.1, -0.05) is 42.5 Å². The molecule has 0 spiro atoms. The Labute approximate surface area is 172 Å². The fraction of sp³-hybridized carbons (Fsp3) is 0.0435. The number of imidazole rings is 1. The van der Waals surface area contributed by atoms with Gasteiger partial charge >= 0.3 is 0 Å². The molecule has 0 bridgehead atoms. The standard InChI is InChI=1S/C23H17N3O2S/c27-23-19(13-17-7-4-12-28-17)25-22-21(16-8-10-18(29)11-9-16)24-20(14-26(22)23)15-5-2-1-3-6-15/h1-12,14,24,29H,13H2. The molecule has 0 aliphatic carbocycles. The lowest BCUT2D eigenvalue weighted by Crippen LogP contribution is -2.16. The molecule has 1 aromatic heterocycles. The minimum absolute atomic E-state index is 0.144. The van der Waals surface area contributed by atoms with Crippen LogP contribution in [0.15, 0.2) is 93.3 Å². The quantitative estimate of drug-likeness (QED) is 0.427. The molecule has 1 N–H and O–H groups in total. The van der Waals surface area contributed by atoms with E-state index in [1.54, 1.807) is 16.9 Å². The Morgan fingerprint density at radius 1 is 0.966 bits per heavy atom. The number of hydrogen-bond donors (Lipinski definition) is 2. The second kappa shape index (κ2) is 7.14. The zero-order valence-corrected chi connectivity index (χ0v) is 16.3. The monoisotopic (exact) mass is 399 g/mol. The van der Waals surface area contributed by atoms with Crippen LogP contribution in [0.5, 0.6) is 0 Å². The molecule has 29 heavy (non-hydrogen) atoms. The summed E-state index contributed by atoms with van der Waals surface area (Å²) in [5, 5.41) is 0. The van der Waals surface area contributed by atoms with E-state index in [0.29, 0.717) is 23.7 Å². The van der Waals surface area contributed by atoms with E-state index in [2.05, 4.69) is 22.6 Å². The molecule has 0 saturated heterocycles. The zero-order valence-electron chi connectivity index (χ0n) is 15.4. The number of hydrogen-bond acceptors (Lipinski definition) is 4. The Morgan fingerprint density at radius 2 is 1.76 bits per heavy atom. The van der Waals surface area contributed by atoms with E-state index in [1.807, 2.05) is 66.9 Å². The molecule has 6 heteroatoms. The van der Waals surface area contributed by atoms with Crippen molar-refractivity contribution in [1.29, 1.82) is 0 Å². The minimum atomic E-state index is -0.144. The normalized spacial score (nSPS) is 11.2. The van der Waals surface area contributed by atoms with Gasteiger partial charge < -0.3 is 9.40 Å². The summed E-state index contributed by atoms with van der Waals surface area (Å²) in [4.78, 5) is 22.1. The van der Waals surface area contributed by atoms with Crippen molar-refractivity contribution in [3.05, 3.63) is 101 Å². The molecule has 5 rings (SSSR count).